The van der Waals surface area contributed by atoms with E-state index >= 15 is 0 Å². The molecular weight excluding hydrogens is 216 g/mol. The van der Waals surface area contributed by atoms with Crippen LogP contribution >= 0.6 is 0 Å². The van der Waals surface area contributed by atoms with Crippen molar-refractivity contribution in [3.8, 4) is 11.5 Å². The van der Waals surface area contributed by atoms with Crippen molar-refractivity contribution in [2.24, 2.45) is 5.73 Å². The Balaban J connectivity index is 0.000000514. The van der Waals surface area contributed by atoms with E-state index in [-0.39, 0.29) is 0 Å². The fourth-order valence-corrected chi connectivity index (χ4v) is 1.82. The van der Waals surface area contributed by atoms with Gasteiger partial charge in [-0.15, -0.1) is 0 Å². The number of rotatable bonds is 0. The van der Waals surface area contributed by atoms with Gasteiger partial charge in [0.15, 0.2) is 11.5 Å². The molecule has 2 aromatic rings. The third kappa shape index (κ3) is 2.17. The minimum Gasteiger partial charge on any atom is -0.486 e. The first kappa shape index (κ1) is 11.7. The van der Waals surface area contributed by atoms with Gasteiger partial charge in [0.05, 0.1) is 5.52 Å². The second kappa shape index (κ2) is 5.01. The highest BCUT2D eigenvalue weighted by molar-refractivity contribution is 5.88. The highest BCUT2D eigenvalue weighted by atomic mass is 16.6. The molecule has 4 heteroatoms. The fraction of sp³-hybridized carbons (Fsp3) is 0.308. The van der Waals surface area contributed by atoms with Crippen molar-refractivity contribution in [3.63, 3.8) is 0 Å². The molecule has 90 valence electrons. The Morgan fingerprint density at radius 3 is 2.65 bits per heavy atom. The molecule has 2 N–H and O–H groups in total. The molecule has 3 rings (SSSR count). The van der Waals surface area contributed by atoms with Gasteiger partial charge in [-0.2, -0.15) is 0 Å². The van der Waals surface area contributed by atoms with Gasteiger partial charge in [-0.05, 0) is 38.2 Å². The molecule has 1 aromatic carbocycles. The minimum absolute atomic E-state index is 0.611. The summed E-state index contributed by atoms with van der Waals surface area (Å²) in [6.45, 7) is 3.22. The van der Waals surface area contributed by atoms with E-state index in [1.807, 2.05) is 31.2 Å². The van der Waals surface area contributed by atoms with Gasteiger partial charge in [-0.1, -0.05) is 0 Å². The van der Waals surface area contributed by atoms with Crippen molar-refractivity contribution in [1.29, 1.82) is 0 Å². The molecule has 2 heterocycles. The van der Waals surface area contributed by atoms with E-state index in [1.165, 1.54) is 7.05 Å². The van der Waals surface area contributed by atoms with Crippen LogP contribution in [-0.2, 0) is 0 Å². The zero-order valence-electron chi connectivity index (χ0n) is 10.1. The van der Waals surface area contributed by atoms with Crippen molar-refractivity contribution in [3.05, 3.63) is 30.0 Å². The van der Waals surface area contributed by atoms with Gasteiger partial charge in [-0.25, -0.2) is 0 Å². The largest absolute Gasteiger partial charge is 0.486 e. The number of hydrogen-bond donors (Lipinski definition) is 1. The van der Waals surface area contributed by atoms with Crippen LogP contribution in [-0.4, -0.2) is 25.2 Å². The van der Waals surface area contributed by atoms with Crippen molar-refractivity contribution < 1.29 is 9.47 Å². The number of fused-ring (bicyclic) bond motifs is 3. The van der Waals surface area contributed by atoms with E-state index in [1.54, 1.807) is 0 Å². The SMILES string of the molecule is CN.Cc1ccc2c3c(ccc2n1)OCCO3. The van der Waals surface area contributed by atoms with Crippen LogP contribution in [0.3, 0.4) is 0 Å². The topological polar surface area (TPSA) is 57.4 Å². The van der Waals surface area contributed by atoms with Crippen LogP contribution in [0.1, 0.15) is 5.69 Å². The van der Waals surface area contributed by atoms with Gasteiger partial charge in [0.2, 0.25) is 0 Å². The van der Waals surface area contributed by atoms with E-state index in [2.05, 4.69) is 10.7 Å². The molecule has 4 nitrogen and oxygen atoms in total. The summed E-state index contributed by atoms with van der Waals surface area (Å²) in [4.78, 5) is 4.45. The molecule has 0 amide bonds. The maximum Gasteiger partial charge on any atom is 0.170 e. The van der Waals surface area contributed by atoms with Crippen LogP contribution in [0.25, 0.3) is 10.9 Å². The van der Waals surface area contributed by atoms with E-state index in [0.717, 1.165) is 28.1 Å². The third-order valence-electron chi connectivity index (χ3n) is 2.51. The Morgan fingerprint density at radius 2 is 1.82 bits per heavy atom. The number of nitrogens with two attached hydrogens (primary N) is 1. The van der Waals surface area contributed by atoms with Crippen molar-refractivity contribution in [2.75, 3.05) is 20.3 Å². The van der Waals surface area contributed by atoms with Crippen molar-refractivity contribution in [2.45, 2.75) is 6.92 Å². The molecule has 0 unspecified atom stereocenters. The molecule has 1 aliphatic rings. The van der Waals surface area contributed by atoms with Gasteiger partial charge < -0.3 is 15.2 Å². The van der Waals surface area contributed by atoms with Crippen LogP contribution in [0, 0.1) is 6.92 Å². The number of aryl methyl sites for hydroxylation is 1. The first-order chi connectivity index (χ1) is 8.34. The summed E-state index contributed by atoms with van der Waals surface area (Å²) in [7, 11) is 1.50. The van der Waals surface area contributed by atoms with Gasteiger partial charge in [-0.3, -0.25) is 4.98 Å². The first-order valence-electron chi connectivity index (χ1n) is 5.58. The van der Waals surface area contributed by atoms with Gasteiger partial charge in [0, 0.05) is 11.1 Å². The van der Waals surface area contributed by atoms with Crippen LogP contribution in [0.2, 0.25) is 0 Å². The monoisotopic (exact) mass is 232 g/mol. The van der Waals surface area contributed by atoms with Gasteiger partial charge in [0.1, 0.15) is 13.2 Å². The number of nitrogens with zero attached hydrogens (tertiary/aromatic N) is 1. The van der Waals surface area contributed by atoms with E-state index in [4.69, 9.17) is 9.47 Å². The Morgan fingerprint density at radius 1 is 1.06 bits per heavy atom. The maximum atomic E-state index is 5.61. The lowest BCUT2D eigenvalue weighted by Crippen LogP contribution is -2.15. The average molecular weight is 232 g/mol. The second-order valence-electron chi connectivity index (χ2n) is 3.61. The predicted octanol–water partition coefficient (Wildman–Crippen LogP) is 1.89. The Kier molecular flexibility index (Phi) is 3.44. The molecule has 0 aliphatic carbocycles. The number of aromatic nitrogens is 1. The summed E-state index contributed by atoms with van der Waals surface area (Å²) in [6, 6.07) is 7.91. The molecule has 1 aromatic heterocycles. The lowest BCUT2D eigenvalue weighted by molar-refractivity contribution is 0.174. The van der Waals surface area contributed by atoms with Crippen molar-refractivity contribution >= 4 is 10.9 Å². The smallest absolute Gasteiger partial charge is 0.170 e. The lowest BCUT2D eigenvalue weighted by Gasteiger charge is -2.19. The Bertz CT molecular complexity index is 526. The van der Waals surface area contributed by atoms with Crippen LogP contribution in [0.5, 0.6) is 11.5 Å². The van der Waals surface area contributed by atoms with Crippen LogP contribution < -0.4 is 15.2 Å². The molecule has 0 bridgehead atoms. The van der Waals surface area contributed by atoms with E-state index in [9.17, 15) is 0 Å². The van der Waals surface area contributed by atoms with Gasteiger partial charge >= 0.3 is 0 Å². The first-order valence-corrected chi connectivity index (χ1v) is 5.58. The molecule has 0 fully saturated rings. The Hall–Kier alpha value is -1.81. The molecule has 0 radical (unpaired) electrons. The summed E-state index contributed by atoms with van der Waals surface area (Å²) >= 11 is 0. The average Bonchev–Trinajstić information content (AvgIpc) is 2.40. The number of benzene rings is 1. The summed E-state index contributed by atoms with van der Waals surface area (Å²) in [6.07, 6.45) is 0. The molecule has 0 atom stereocenters. The summed E-state index contributed by atoms with van der Waals surface area (Å²) in [5.41, 5.74) is 6.47. The lowest BCUT2D eigenvalue weighted by atomic mass is 10.1. The van der Waals surface area contributed by atoms with E-state index < -0.39 is 0 Å². The van der Waals surface area contributed by atoms with Crippen molar-refractivity contribution in [1.82, 2.24) is 4.98 Å². The van der Waals surface area contributed by atoms with E-state index in [0.29, 0.717) is 13.2 Å². The minimum atomic E-state index is 0.611. The second-order valence-corrected chi connectivity index (χ2v) is 3.61. The molecular formula is C13H16N2O2. The normalized spacial score (nSPS) is 12.9. The zero-order valence-corrected chi connectivity index (χ0v) is 10.1. The third-order valence-corrected chi connectivity index (χ3v) is 2.51. The summed E-state index contributed by atoms with van der Waals surface area (Å²) in [5, 5.41) is 1.03. The predicted molar refractivity (Wildman–Crippen MR) is 67.6 cm³/mol. The highest BCUT2D eigenvalue weighted by Gasteiger charge is 2.14. The number of pyridine rings is 1. The highest BCUT2D eigenvalue weighted by Crippen LogP contribution is 2.36. The quantitative estimate of drug-likeness (QED) is 0.753. The van der Waals surface area contributed by atoms with Gasteiger partial charge in [0.25, 0.3) is 0 Å². The molecule has 17 heavy (non-hydrogen) atoms. The van der Waals surface area contributed by atoms with Crippen LogP contribution in [0.15, 0.2) is 24.3 Å². The molecule has 0 spiro atoms. The zero-order chi connectivity index (χ0) is 12.3. The Labute approximate surface area is 100 Å². The fourth-order valence-electron chi connectivity index (χ4n) is 1.82. The number of ether oxygens (including phenoxy) is 2. The van der Waals surface area contributed by atoms with Crippen LogP contribution in [0.4, 0.5) is 0 Å². The standard InChI is InChI=1S/C12H11NO2.CH5N/c1-8-2-3-9-10(13-8)4-5-11-12(9)15-7-6-14-11;1-2/h2-5H,6-7H2,1H3;2H2,1H3. The summed E-state index contributed by atoms with van der Waals surface area (Å²) < 4.78 is 11.1. The maximum absolute atomic E-state index is 5.61. The molecule has 0 saturated carbocycles. The molecule has 1 aliphatic heterocycles. The number of hydrogen-bond acceptors (Lipinski definition) is 4. The molecule has 0 saturated heterocycles. The summed E-state index contributed by atoms with van der Waals surface area (Å²) in [5.74, 6) is 1.64.